The molecule has 0 aliphatic carbocycles. The van der Waals surface area contributed by atoms with Gasteiger partial charge < -0.3 is 9.30 Å². The third-order valence-electron chi connectivity index (χ3n) is 5.29. The van der Waals surface area contributed by atoms with Crippen LogP contribution in [0.5, 0.6) is 5.75 Å². The van der Waals surface area contributed by atoms with E-state index in [0.717, 1.165) is 5.69 Å². The SMILES string of the molecule is COc1ccc([N+](=O)[O-])cc1-n1c(C)cc(/C=C2/C(=O)NN(c3ccccc3)C2=O)c1C. The van der Waals surface area contributed by atoms with Crippen molar-refractivity contribution < 1.29 is 19.2 Å². The predicted octanol–water partition coefficient (Wildman–Crippen LogP) is 3.47. The smallest absolute Gasteiger partial charge is 0.282 e. The normalized spacial score (nSPS) is 14.7. The van der Waals surface area contributed by atoms with Gasteiger partial charge in [0, 0.05) is 23.5 Å². The molecule has 1 saturated heterocycles. The molecule has 32 heavy (non-hydrogen) atoms. The Bertz CT molecular complexity index is 1280. The first-order valence-corrected chi connectivity index (χ1v) is 9.75. The van der Waals surface area contributed by atoms with Crippen LogP contribution in [0.3, 0.4) is 0 Å². The van der Waals surface area contributed by atoms with Crippen molar-refractivity contribution in [3.05, 3.63) is 87.2 Å². The minimum Gasteiger partial charge on any atom is -0.495 e. The molecule has 3 aromatic rings. The van der Waals surface area contributed by atoms with Gasteiger partial charge in [-0.3, -0.25) is 25.1 Å². The molecule has 1 aromatic heterocycles. The van der Waals surface area contributed by atoms with Crippen LogP contribution in [0.25, 0.3) is 11.8 Å². The first-order valence-electron chi connectivity index (χ1n) is 9.75. The van der Waals surface area contributed by atoms with E-state index in [1.54, 1.807) is 28.8 Å². The van der Waals surface area contributed by atoms with Crippen LogP contribution in [0.15, 0.2) is 60.2 Å². The Morgan fingerprint density at radius 3 is 2.44 bits per heavy atom. The molecule has 162 valence electrons. The van der Waals surface area contributed by atoms with Gasteiger partial charge in [-0.1, -0.05) is 18.2 Å². The van der Waals surface area contributed by atoms with E-state index in [4.69, 9.17) is 4.74 Å². The number of non-ortho nitro benzene ring substituents is 1. The van der Waals surface area contributed by atoms with E-state index in [1.165, 1.54) is 36.4 Å². The van der Waals surface area contributed by atoms with Gasteiger partial charge in [0.05, 0.1) is 23.4 Å². The van der Waals surface area contributed by atoms with Crippen molar-refractivity contribution in [1.29, 1.82) is 0 Å². The zero-order chi connectivity index (χ0) is 23.0. The molecule has 0 unspecified atom stereocenters. The fraction of sp³-hybridized carbons (Fsp3) is 0.130. The number of nitrogens with zero attached hydrogens (tertiary/aromatic N) is 3. The van der Waals surface area contributed by atoms with E-state index < -0.39 is 16.7 Å². The number of para-hydroxylation sites is 1. The number of methoxy groups -OCH3 is 1. The highest BCUT2D eigenvalue weighted by molar-refractivity contribution is 6.31. The molecule has 0 radical (unpaired) electrons. The lowest BCUT2D eigenvalue weighted by atomic mass is 10.1. The summed E-state index contributed by atoms with van der Waals surface area (Å²) in [6, 6.07) is 15.0. The molecule has 4 rings (SSSR count). The molecule has 0 bridgehead atoms. The topological polar surface area (TPSA) is 107 Å². The van der Waals surface area contributed by atoms with Crippen LogP contribution in [0.1, 0.15) is 17.0 Å². The van der Waals surface area contributed by atoms with E-state index in [-0.39, 0.29) is 11.3 Å². The van der Waals surface area contributed by atoms with Crippen LogP contribution < -0.4 is 15.2 Å². The fourth-order valence-corrected chi connectivity index (χ4v) is 3.74. The van der Waals surface area contributed by atoms with Gasteiger partial charge in [0.25, 0.3) is 17.5 Å². The highest BCUT2D eigenvalue weighted by Gasteiger charge is 2.34. The number of nitro groups is 1. The number of ether oxygens (including phenoxy) is 1. The maximum absolute atomic E-state index is 12.9. The lowest BCUT2D eigenvalue weighted by molar-refractivity contribution is -0.384. The first kappa shape index (κ1) is 20.9. The van der Waals surface area contributed by atoms with E-state index in [9.17, 15) is 19.7 Å². The third-order valence-corrected chi connectivity index (χ3v) is 5.29. The third kappa shape index (κ3) is 3.49. The maximum atomic E-state index is 12.9. The second kappa shape index (κ2) is 8.03. The lowest BCUT2D eigenvalue weighted by Crippen LogP contribution is -2.35. The first-order chi connectivity index (χ1) is 15.3. The summed E-state index contributed by atoms with van der Waals surface area (Å²) in [5.41, 5.74) is 5.66. The summed E-state index contributed by atoms with van der Waals surface area (Å²) in [6.07, 6.45) is 1.53. The number of aromatic nitrogens is 1. The Kier molecular flexibility index (Phi) is 5.23. The molecule has 0 atom stereocenters. The van der Waals surface area contributed by atoms with Gasteiger partial charge in [-0.25, -0.2) is 5.01 Å². The van der Waals surface area contributed by atoms with E-state index >= 15 is 0 Å². The molecule has 2 amide bonds. The Morgan fingerprint density at radius 2 is 1.78 bits per heavy atom. The number of carbonyl (C=O) groups excluding carboxylic acids is 2. The molecule has 1 fully saturated rings. The minimum absolute atomic E-state index is 0.000102. The van der Waals surface area contributed by atoms with Crippen molar-refractivity contribution in [3.63, 3.8) is 0 Å². The molecule has 1 N–H and O–H groups in total. The van der Waals surface area contributed by atoms with Crippen molar-refractivity contribution in [2.45, 2.75) is 13.8 Å². The second-order valence-corrected chi connectivity index (χ2v) is 7.25. The summed E-state index contributed by atoms with van der Waals surface area (Å²) in [6.45, 7) is 3.64. The van der Waals surface area contributed by atoms with Crippen molar-refractivity contribution >= 4 is 29.3 Å². The Labute approximate surface area is 183 Å². The molecule has 1 aliphatic rings. The number of hydrogen-bond acceptors (Lipinski definition) is 5. The minimum atomic E-state index is -0.503. The van der Waals surface area contributed by atoms with Crippen molar-refractivity contribution in [2.75, 3.05) is 12.1 Å². The number of hydrazine groups is 1. The average molecular weight is 432 g/mol. The molecule has 0 spiro atoms. The summed E-state index contributed by atoms with van der Waals surface area (Å²) in [5, 5.41) is 12.5. The maximum Gasteiger partial charge on any atom is 0.282 e. The summed E-state index contributed by atoms with van der Waals surface area (Å²) < 4.78 is 7.20. The van der Waals surface area contributed by atoms with Gasteiger partial charge in [0.2, 0.25) is 0 Å². The number of nitrogens with one attached hydrogen (secondary N) is 1. The van der Waals surface area contributed by atoms with E-state index in [2.05, 4.69) is 5.43 Å². The number of carbonyl (C=O) groups is 2. The Hall–Kier alpha value is -4.40. The van der Waals surface area contributed by atoms with Gasteiger partial charge in [0.15, 0.2) is 0 Å². The van der Waals surface area contributed by atoms with Gasteiger partial charge in [-0.15, -0.1) is 0 Å². The van der Waals surface area contributed by atoms with Crippen LogP contribution in [0.4, 0.5) is 11.4 Å². The highest BCUT2D eigenvalue weighted by atomic mass is 16.6. The zero-order valence-corrected chi connectivity index (χ0v) is 17.7. The summed E-state index contributed by atoms with van der Waals surface area (Å²) in [4.78, 5) is 36.2. The van der Waals surface area contributed by atoms with E-state index in [0.29, 0.717) is 28.4 Å². The van der Waals surface area contributed by atoms with Gasteiger partial charge in [-0.2, -0.15) is 0 Å². The molecule has 2 heterocycles. The summed E-state index contributed by atoms with van der Waals surface area (Å²) in [5.74, 6) is -0.503. The second-order valence-electron chi connectivity index (χ2n) is 7.25. The number of anilines is 1. The van der Waals surface area contributed by atoms with Crippen LogP contribution in [-0.2, 0) is 9.59 Å². The zero-order valence-electron chi connectivity index (χ0n) is 17.7. The van der Waals surface area contributed by atoms with Gasteiger partial charge >= 0.3 is 0 Å². The van der Waals surface area contributed by atoms with Crippen LogP contribution in [0.2, 0.25) is 0 Å². The van der Waals surface area contributed by atoms with Crippen molar-refractivity contribution in [3.8, 4) is 11.4 Å². The number of nitro benzene ring substituents is 1. The van der Waals surface area contributed by atoms with Crippen LogP contribution >= 0.6 is 0 Å². The van der Waals surface area contributed by atoms with Gasteiger partial charge in [-0.05, 0) is 49.8 Å². The molecular weight excluding hydrogens is 412 g/mol. The number of amides is 2. The lowest BCUT2D eigenvalue weighted by Gasteiger charge is -2.14. The summed E-state index contributed by atoms with van der Waals surface area (Å²) in [7, 11) is 1.49. The number of benzene rings is 2. The molecule has 2 aromatic carbocycles. The standard InChI is InChI=1S/C23H20N4O5/c1-14-11-16(12-19-22(28)24-26(23(19)29)17-7-5-4-6-8-17)15(2)25(14)20-13-18(27(30)31)9-10-21(20)32-3/h4-13H,1-3H3,(H,24,28)/b19-12-. The molecule has 9 nitrogen and oxygen atoms in total. The molecule has 1 aliphatic heterocycles. The quantitative estimate of drug-likeness (QED) is 0.288. The number of aryl methyl sites for hydroxylation is 1. The molecular formula is C23H20N4O5. The number of rotatable bonds is 5. The highest BCUT2D eigenvalue weighted by Crippen LogP contribution is 2.32. The van der Waals surface area contributed by atoms with E-state index in [1.807, 2.05) is 26.0 Å². The van der Waals surface area contributed by atoms with Crippen molar-refractivity contribution in [1.82, 2.24) is 9.99 Å². The molecule has 0 saturated carbocycles. The van der Waals surface area contributed by atoms with Crippen LogP contribution in [-0.4, -0.2) is 28.4 Å². The van der Waals surface area contributed by atoms with Gasteiger partial charge in [0.1, 0.15) is 11.3 Å². The van der Waals surface area contributed by atoms with Crippen molar-refractivity contribution in [2.24, 2.45) is 0 Å². The molecule has 9 heteroatoms. The average Bonchev–Trinajstić information content (AvgIpc) is 3.23. The number of hydrogen-bond donors (Lipinski definition) is 1. The Morgan fingerprint density at radius 1 is 1.06 bits per heavy atom. The fourth-order valence-electron chi connectivity index (χ4n) is 3.74. The monoisotopic (exact) mass is 432 g/mol. The summed E-state index contributed by atoms with van der Waals surface area (Å²) >= 11 is 0. The predicted molar refractivity (Wildman–Crippen MR) is 118 cm³/mol. The van der Waals surface area contributed by atoms with Crippen LogP contribution in [0, 0.1) is 24.0 Å². The largest absolute Gasteiger partial charge is 0.495 e. The Balaban J connectivity index is 1.77.